The van der Waals surface area contributed by atoms with Crippen LogP contribution in [-0.4, -0.2) is 83.2 Å². The summed E-state index contributed by atoms with van der Waals surface area (Å²) in [5.41, 5.74) is 4.13. The molecule has 0 bridgehead atoms. The molecule has 3 N–H and O–H groups in total. The number of alkyl halides is 2. The average Bonchev–Trinajstić information content (AvgIpc) is 3.41. The van der Waals surface area contributed by atoms with Crippen LogP contribution in [0.1, 0.15) is 50.2 Å². The Morgan fingerprint density at radius 3 is 2.49 bits per heavy atom. The molecule has 3 amide bonds. The molecule has 1 aromatic heterocycles. The minimum absolute atomic E-state index is 0.0719. The summed E-state index contributed by atoms with van der Waals surface area (Å²) in [4.78, 5) is 29.7. The molecule has 1 aromatic carbocycles. The molecule has 0 spiro atoms. The van der Waals surface area contributed by atoms with Gasteiger partial charge >= 0.3 is 6.03 Å². The summed E-state index contributed by atoms with van der Waals surface area (Å²) in [5, 5.41) is 19.8. The zero-order valence-electron chi connectivity index (χ0n) is 23.8. The molecule has 0 aliphatic carbocycles. The van der Waals surface area contributed by atoms with Crippen LogP contribution in [0.25, 0.3) is 11.1 Å². The van der Waals surface area contributed by atoms with Gasteiger partial charge in [0.15, 0.2) is 0 Å². The molecule has 12 heteroatoms. The first-order chi connectivity index (χ1) is 19.7. The normalized spacial score (nSPS) is 18.0. The fraction of sp³-hybridized carbons (Fsp3) is 0.517. The number of carbonyl (C=O) groups is 2. The second kappa shape index (κ2) is 11.9. The lowest BCUT2D eigenvalue weighted by Gasteiger charge is -2.39. The number of amidine groups is 1. The minimum Gasteiger partial charge on any atom is -0.385 e. The van der Waals surface area contributed by atoms with Gasteiger partial charge in [-0.1, -0.05) is 0 Å². The Bertz CT molecular complexity index is 1360. The van der Waals surface area contributed by atoms with Crippen molar-refractivity contribution in [2.24, 2.45) is 7.05 Å². The van der Waals surface area contributed by atoms with Gasteiger partial charge in [-0.15, -0.1) is 0 Å². The van der Waals surface area contributed by atoms with Gasteiger partial charge in [-0.05, 0) is 48.9 Å². The van der Waals surface area contributed by atoms with Gasteiger partial charge in [0.25, 0.3) is 6.43 Å². The number of anilines is 1. The molecule has 3 aliphatic rings. The third-order valence-corrected chi connectivity index (χ3v) is 8.34. The van der Waals surface area contributed by atoms with E-state index in [0.717, 1.165) is 36.9 Å². The molecule has 5 rings (SSSR count). The van der Waals surface area contributed by atoms with E-state index in [1.807, 2.05) is 15.9 Å². The van der Waals surface area contributed by atoms with Crippen LogP contribution in [0.5, 0.6) is 0 Å². The summed E-state index contributed by atoms with van der Waals surface area (Å²) in [6.45, 7) is 4.20. The number of rotatable bonds is 5. The molecule has 0 saturated carbocycles. The zero-order chi connectivity index (χ0) is 29.3. The van der Waals surface area contributed by atoms with Gasteiger partial charge in [-0.25, -0.2) is 13.6 Å². The highest BCUT2D eigenvalue weighted by atomic mass is 19.3. The Labute approximate surface area is 238 Å². The van der Waals surface area contributed by atoms with E-state index in [4.69, 9.17) is 0 Å². The van der Waals surface area contributed by atoms with Gasteiger partial charge in [-0.2, -0.15) is 5.10 Å². The van der Waals surface area contributed by atoms with Crippen molar-refractivity contribution in [3.8, 4) is 11.1 Å². The van der Waals surface area contributed by atoms with Gasteiger partial charge in [0.1, 0.15) is 5.84 Å². The van der Waals surface area contributed by atoms with E-state index < -0.39 is 6.43 Å². The molecule has 0 unspecified atom stereocenters. The third-order valence-electron chi connectivity index (χ3n) is 8.34. The molecule has 1 saturated heterocycles. The molecule has 1 fully saturated rings. The fourth-order valence-corrected chi connectivity index (χ4v) is 6.09. The number of amides is 3. The molecular weight excluding hydrogens is 530 g/mol. The molecule has 3 aliphatic heterocycles. The van der Waals surface area contributed by atoms with Crippen molar-refractivity contribution in [3.63, 3.8) is 0 Å². The maximum atomic E-state index is 14.4. The molecule has 0 radical (unpaired) electrons. The molecule has 2 aromatic rings. The number of halogens is 2. The number of hydrogen-bond acceptors (Lipinski definition) is 5. The first-order valence-electron chi connectivity index (χ1n) is 14.2. The number of aromatic nitrogens is 2. The van der Waals surface area contributed by atoms with E-state index in [9.17, 15) is 23.8 Å². The fourth-order valence-electron chi connectivity index (χ4n) is 6.09. The van der Waals surface area contributed by atoms with Crippen LogP contribution in [0.4, 0.5) is 19.3 Å². The molecule has 10 nitrogen and oxygen atoms in total. The number of piperidine rings is 1. The Hall–Kier alpha value is -3.96. The summed E-state index contributed by atoms with van der Waals surface area (Å²) in [7, 11) is 3.34. The quantitative estimate of drug-likeness (QED) is 0.377. The number of aryl methyl sites for hydroxylation is 2. The lowest BCUT2D eigenvalue weighted by atomic mass is 9.92. The number of carbonyl (C=O) groups excluding carboxylic acids is 2. The number of likely N-dealkylation sites (tertiary alicyclic amines) is 1. The Morgan fingerprint density at radius 1 is 1.10 bits per heavy atom. The van der Waals surface area contributed by atoms with E-state index in [-0.39, 0.29) is 35.9 Å². The lowest BCUT2D eigenvalue weighted by molar-refractivity contribution is -0.129. The van der Waals surface area contributed by atoms with Crippen molar-refractivity contribution in [3.05, 3.63) is 46.9 Å². The van der Waals surface area contributed by atoms with Gasteiger partial charge in [0.05, 0.1) is 12.7 Å². The van der Waals surface area contributed by atoms with Crippen molar-refractivity contribution in [2.45, 2.75) is 51.5 Å². The van der Waals surface area contributed by atoms with Crippen molar-refractivity contribution >= 4 is 23.5 Å². The molecule has 41 heavy (non-hydrogen) atoms. The Kier molecular flexibility index (Phi) is 8.27. The minimum atomic E-state index is -2.69. The summed E-state index contributed by atoms with van der Waals surface area (Å²) >= 11 is 0. The number of hydrogen-bond donors (Lipinski definition) is 3. The molecule has 0 atom stereocenters. The van der Waals surface area contributed by atoms with Crippen LogP contribution in [0.15, 0.2) is 35.8 Å². The Morgan fingerprint density at radius 2 is 1.85 bits per heavy atom. The van der Waals surface area contributed by atoms with Gasteiger partial charge in [0.2, 0.25) is 5.91 Å². The summed E-state index contributed by atoms with van der Waals surface area (Å²) in [6, 6.07) is 3.28. The van der Waals surface area contributed by atoms with E-state index in [0.29, 0.717) is 55.0 Å². The topological polar surface area (TPSA) is 110 Å². The molecular formula is C29H38F2N8O2. The SMILES string of the molecule is CNC(=O)N1CCC(NC2CCN(C(C)=O)CC2)=C(C(=N)N2CCCc3cc(-c4cnn(C)c4)c(C(F)F)cc32)C1. The highest BCUT2D eigenvalue weighted by molar-refractivity contribution is 6.09. The van der Waals surface area contributed by atoms with Crippen LogP contribution in [-0.2, 0) is 18.3 Å². The monoisotopic (exact) mass is 568 g/mol. The Balaban J connectivity index is 1.48. The van der Waals surface area contributed by atoms with E-state index >= 15 is 0 Å². The molecule has 220 valence electrons. The van der Waals surface area contributed by atoms with E-state index in [1.54, 1.807) is 43.0 Å². The van der Waals surface area contributed by atoms with Gasteiger partial charge in [-0.3, -0.25) is 14.9 Å². The summed E-state index contributed by atoms with van der Waals surface area (Å²) < 4.78 is 30.3. The van der Waals surface area contributed by atoms with E-state index in [1.165, 1.54) is 6.07 Å². The number of fused-ring (bicyclic) bond motifs is 1. The van der Waals surface area contributed by atoms with Crippen LogP contribution >= 0.6 is 0 Å². The molecule has 4 heterocycles. The predicted octanol–water partition coefficient (Wildman–Crippen LogP) is 3.65. The van der Waals surface area contributed by atoms with Crippen molar-refractivity contribution in [1.29, 1.82) is 5.41 Å². The van der Waals surface area contributed by atoms with Crippen LogP contribution in [0.3, 0.4) is 0 Å². The summed E-state index contributed by atoms with van der Waals surface area (Å²) in [6.07, 6.45) is 4.28. The lowest BCUT2D eigenvalue weighted by Crippen LogP contribution is -2.49. The number of nitrogens with one attached hydrogen (secondary N) is 3. The first-order valence-corrected chi connectivity index (χ1v) is 14.2. The van der Waals surface area contributed by atoms with Gasteiger partial charge in [0, 0.05) is 93.9 Å². The average molecular weight is 569 g/mol. The number of urea groups is 1. The standard InChI is InChI=1S/C29H38F2N8O2/c1-18(40)37-10-6-21(7-11-37)35-25-8-12-38(29(41)33-2)17-24(25)28(32)39-9-4-5-19-13-22(20-15-34-36(3)16-20)23(27(30)31)14-26(19)39/h13-16,21,27,32,35H,4-12,17H2,1-3H3,(H,33,41). The van der Waals surface area contributed by atoms with Crippen molar-refractivity contribution < 1.29 is 18.4 Å². The van der Waals surface area contributed by atoms with Crippen LogP contribution < -0.4 is 15.5 Å². The highest BCUT2D eigenvalue weighted by Gasteiger charge is 2.32. The van der Waals surface area contributed by atoms with E-state index in [2.05, 4.69) is 15.7 Å². The van der Waals surface area contributed by atoms with Crippen LogP contribution in [0, 0.1) is 5.41 Å². The van der Waals surface area contributed by atoms with Crippen molar-refractivity contribution in [2.75, 3.05) is 44.7 Å². The largest absolute Gasteiger partial charge is 0.385 e. The van der Waals surface area contributed by atoms with Gasteiger partial charge < -0.3 is 25.3 Å². The number of nitrogens with zero attached hydrogens (tertiary/aromatic N) is 5. The summed E-state index contributed by atoms with van der Waals surface area (Å²) in [5.74, 6) is 0.292. The third kappa shape index (κ3) is 5.91. The van der Waals surface area contributed by atoms with Crippen LogP contribution in [0.2, 0.25) is 0 Å². The maximum Gasteiger partial charge on any atom is 0.317 e. The zero-order valence-corrected chi connectivity index (χ0v) is 23.8. The second-order valence-corrected chi connectivity index (χ2v) is 11.0. The highest BCUT2D eigenvalue weighted by Crippen LogP contribution is 2.39. The first kappa shape index (κ1) is 28.6. The number of benzene rings is 1. The predicted molar refractivity (Wildman–Crippen MR) is 153 cm³/mol. The second-order valence-electron chi connectivity index (χ2n) is 11.0. The smallest absolute Gasteiger partial charge is 0.317 e. The maximum absolute atomic E-state index is 14.4. The van der Waals surface area contributed by atoms with Crippen molar-refractivity contribution in [1.82, 2.24) is 30.2 Å².